The molecular formula is C22H29N5O3. The summed E-state index contributed by atoms with van der Waals surface area (Å²) >= 11 is 0. The van der Waals surface area contributed by atoms with Gasteiger partial charge in [-0.2, -0.15) is 5.10 Å². The van der Waals surface area contributed by atoms with E-state index >= 15 is 0 Å². The van der Waals surface area contributed by atoms with Crippen molar-refractivity contribution >= 4 is 5.69 Å². The Bertz CT molecular complexity index is 944. The minimum Gasteiger partial charge on any atom is -0.497 e. The van der Waals surface area contributed by atoms with Crippen molar-refractivity contribution in [3.05, 3.63) is 59.7 Å². The first-order valence-electron chi connectivity index (χ1n) is 10.1. The lowest BCUT2D eigenvalue weighted by Gasteiger charge is -2.14. The summed E-state index contributed by atoms with van der Waals surface area (Å²) < 4.78 is 16.5. The lowest BCUT2D eigenvalue weighted by atomic mass is 10.1. The molecule has 0 amide bonds. The second-order valence-corrected chi connectivity index (χ2v) is 6.60. The van der Waals surface area contributed by atoms with Crippen LogP contribution in [0, 0.1) is 0 Å². The standard InChI is InChI=1S/C22H29N5O3/c1-4-29-18-10-9-15(13-19(18)30-5-2)21(23)22-25-20(26-27-22)11-12-24-16-7-6-8-17(14-16)28-3/h6-10,13-14,21,24H,4-5,11-12,23H2,1-3H3,(H,25,26,27). The number of aromatic amines is 1. The van der Waals surface area contributed by atoms with Crippen molar-refractivity contribution in [1.82, 2.24) is 15.2 Å². The average Bonchev–Trinajstić information content (AvgIpc) is 3.24. The minimum atomic E-state index is -0.462. The largest absolute Gasteiger partial charge is 0.497 e. The topological polar surface area (TPSA) is 107 Å². The normalized spacial score (nSPS) is 11.7. The van der Waals surface area contributed by atoms with E-state index in [1.54, 1.807) is 7.11 Å². The van der Waals surface area contributed by atoms with Crippen LogP contribution in [0.4, 0.5) is 5.69 Å². The number of H-pyrrole nitrogens is 1. The van der Waals surface area contributed by atoms with E-state index in [1.807, 2.05) is 56.3 Å². The second kappa shape index (κ2) is 10.5. The van der Waals surface area contributed by atoms with Crippen molar-refractivity contribution in [2.75, 3.05) is 32.2 Å². The van der Waals surface area contributed by atoms with Gasteiger partial charge in [-0.15, -0.1) is 0 Å². The van der Waals surface area contributed by atoms with Crippen molar-refractivity contribution < 1.29 is 14.2 Å². The van der Waals surface area contributed by atoms with Crippen molar-refractivity contribution in [1.29, 1.82) is 0 Å². The van der Waals surface area contributed by atoms with Crippen molar-refractivity contribution in [3.63, 3.8) is 0 Å². The summed E-state index contributed by atoms with van der Waals surface area (Å²) in [6.45, 7) is 5.69. The van der Waals surface area contributed by atoms with Gasteiger partial charge in [0.25, 0.3) is 0 Å². The van der Waals surface area contributed by atoms with Crippen LogP contribution in [-0.4, -0.2) is 42.0 Å². The summed E-state index contributed by atoms with van der Waals surface area (Å²) in [6, 6.07) is 13.0. The molecular weight excluding hydrogens is 382 g/mol. The van der Waals surface area contributed by atoms with Gasteiger partial charge in [-0.25, -0.2) is 4.98 Å². The van der Waals surface area contributed by atoms with Gasteiger partial charge in [0.15, 0.2) is 17.3 Å². The molecule has 8 nitrogen and oxygen atoms in total. The number of ether oxygens (including phenoxy) is 3. The van der Waals surface area contributed by atoms with E-state index < -0.39 is 6.04 Å². The molecule has 0 saturated carbocycles. The highest BCUT2D eigenvalue weighted by Crippen LogP contribution is 2.31. The number of hydrogen-bond acceptors (Lipinski definition) is 7. The number of anilines is 1. The average molecular weight is 412 g/mol. The molecule has 0 fully saturated rings. The zero-order valence-corrected chi connectivity index (χ0v) is 17.6. The predicted molar refractivity (Wildman–Crippen MR) is 116 cm³/mol. The number of nitrogens with zero attached hydrogens (tertiary/aromatic N) is 2. The molecule has 8 heteroatoms. The van der Waals surface area contributed by atoms with Crippen LogP contribution in [0.15, 0.2) is 42.5 Å². The monoisotopic (exact) mass is 411 g/mol. The first kappa shape index (κ1) is 21.4. The number of benzene rings is 2. The fourth-order valence-corrected chi connectivity index (χ4v) is 3.03. The van der Waals surface area contributed by atoms with Crippen LogP contribution in [0.3, 0.4) is 0 Å². The van der Waals surface area contributed by atoms with E-state index in [0.717, 1.165) is 22.8 Å². The van der Waals surface area contributed by atoms with E-state index in [0.29, 0.717) is 43.5 Å². The molecule has 0 aliphatic carbocycles. The zero-order chi connectivity index (χ0) is 21.3. The summed E-state index contributed by atoms with van der Waals surface area (Å²) in [4.78, 5) is 4.56. The van der Waals surface area contributed by atoms with E-state index in [4.69, 9.17) is 19.9 Å². The molecule has 0 spiro atoms. The van der Waals surface area contributed by atoms with Crippen LogP contribution in [0.2, 0.25) is 0 Å². The molecule has 0 radical (unpaired) electrons. The van der Waals surface area contributed by atoms with Gasteiger partial charge in [0, 0.05) is 24.7 Å². The van der Waals surface area contributed by atoms with Gasteiger partial charge < -0.3 is 25.3 Å². The number of aromatic nitrogens is 3. The van der Waals surface area contributed by atoms with Gasteiger partial charge >= 0.3 is 0 Å². The molecule has 2 aromatic carbocycles. The number of methoxy groups -OCH3 is 1. The maximum absolute atomic E-state index is 6.40. The third kappa shape index (κ3) is 5.42. The fraction of sp³-hybridized carbons (Fsp3) is 0.364. The van der Waals surface area contributed by atoms with Crippen LogP contribution in [0.1, 0.15) is 37.1 Å². The first-order valence-corrected chi connectivity index (χ1v) is 10.1. The molecule has 4 N–H and O–H groups in total. The smallest absolute Gasteiger partial charge is 0.171 e. The highest BCUT2D eigenvalue weighted by molar-refractivity contribution is 5.48. The van der Waals surface area contributed by atoms with E-state index in [9.17, 15) is 0 Å². The first-order chi connectivity index (χ1) is 14.6. The van der Waals surface area contributed by atoms with Gasteiger partial charge in [-0.3, -0.25) is 5.10 Å². The quantitative estimate of drug-likeness (QED) is 0.444. The van der Waals surface area contributed by atoms with E-state index in [2.05, 4.69) is 20.5 Å². The predicted octanol–water partition coefficient (Wildman–Crippen LogP) is 3.31. The van der Waals surface area contributed by atoms with Gasteiger partial charge in [0.1, 0.15) is 11.6 Å². The molecule has 3 aromatic rings. The van der Waals surface area contributed by atoms with Crippen molar-refractivity contribution in [2.45, 2.75) is 26.3 Å². The Morgan fingerprint density at radius 3 is 2.63 bits per heavy atom. The van der Waals surface area contributed by atoms with Crippen LogP contribution < -0.4 is 25.3 Å². The third-order valence-corrected chi connectivity index (χ3v) is 4.51. The van der Waals surface area contributed by atoms with Gasteiger partial charge in [0.05, 0.1) is 26.4 Å². The Hall–Kier alpha value is -3.26. The van der Waals surface area contributed by atoms with Crippen LogP contribution >= 0.6 is 0 Å². The molecule has 0 bridgehead atoms. The lowest BCUT2D eigenvalue weighted by Crippen LogP contribution is -2.14. The van der Waals surface area contributed by atoms with Gasteiger partial charge in [-0.05, 0) is 43.7 Å². The molecule has 1 atom stereocenters. The van der Waals surface area contributed by atoms with E-state index in [-0.39, 0.29) is 0 Å². The Labute approximate surface area is 176 Å². The summed E-state index contributed by atoms with van der Waals surface area (Å²) in [7, 11) is 1.65. The molecule has 1 aromatic heterocycles. The van der Waals surface area contributed by atoms with Crippen LogP contribution in [-0.2, 0) is 6.42 Å². The molecule has 0 aliphatic heterocycles. The Morgan fingerprint density at radius 1 is 1.07 bits per heavy atom. The molecule has 30 heavy (non-hydrogen) atoms. The molecule has 1 unspecified atom stereocenters. The SMILES string of the molecule is CCOc1ccc(C(N)c2n[nH]c(CCNc3cccc(OC)c3)n2)cc1OCC. The number of rotatable bonds is 11. The fourth-order valence-electron chi connectivity index (χ4n) is 3.03. The van der Waals surface area contributed by atoms with Gasteiger partial charge in [0.2, 0.25) is 0 Å². The van der Waals surface area contributed by atoms with E-state index in [1.165, 1.54) is 0 Å². The zero-order valence-electron chi connectivity index (χ0n) is 17.6. The lowest BCUT2D eigenvalue weighted by molar-refractivity contribution is 0.287. The number of nitrogens with one attached hydrogen (secondary N) is 2. The maximum atomic E-state index is 6.40. The summed E-state index contributed by atoms with van der Waals surface area (Å²) in [6.07, 6.45) is 0.685. The molecule has 160 valence electrons. The Kier molecular flexibility index (Phi) is 7.51. The van der Waals surface area contributed by atoms with Crippen LogP contribution in [0.25, 0.3) is 0 Å². The van der Waals surface area contributed by atoms with Gasteiger partial charge in [-0.1, -0.05) is 12.1 Å². The number of nitrogens with two attached hydrogens (primary N) is 1. The highest BCUT2D eigenvalue weighted by Gasteiger charge is 2.17. The maximum Gasteiger partial charge on any atom is 0.171 e. The summed E-state index contributed by atoms with van der Waals surface area (Å²) in [5.41, 5.74) is 8.25. The molecule has 1 heterocycles. The second-order valence-electron chi connectivity index (χ2n) is 6.60. The molecule has 3 rings (SSSR count). The Morgan fingerprint density at radius 2 is 1.87 bits per heavy atom. The minimum absolute atomic E-state index is 0.462. The summed E-state index contributed by atoms with van der Waals surface area (Å²) in [5, 5.41) is 10.6. The molecule has 0 saturated heterocycles. The Balaban J connectivity index is 1.62. The van der Waals surface area contributed by atoms with Crippen molar-refractivity contribution in [3.8, 4) is 17.2 Å². The third-order valence-electron chi connectivity index (χ3n) is 4.51. The number of hydrogen-bond donors (Lipinski definition) is 3. The van der Waals surface area contributed by atoms with Crippen LogP contribution in [0.5, 0.6) is 17.2 Å². The summed E-state index contributed by atoms with van der Waals surface area (Å²) in [5.74, 6) is 3.50. The highest BCUT2D eigenvalue weighted by atomic mass is 16.5. The molecule has 0 aliphatic rings. The van der Waals surface area contributed by atoms with Crippen molar-refractivity contribution in [2.24, 2.45) is 5.73 Å².